The minimum atomic E-state index is -0.0877. The molecule has 20 heavy (non-hydrogen) atoms. The van der Waals surface area contributed by atoms with Crippen LogP contribution in [0.5, 0.6) is 0 Å². The molecule has 0 radical (unpaired) electrons. The third-order valence-corrected chi connectivity index (χ3v) is 3.90. The lowest BCUT2D eigenvalue weighted by Gasteiger charge is -2.33. The predicted molar refractivity (Wildman–Crippen MR) is 79.2 cm³/mol. The molecule has 1 atom stereocenters. The molecule has 1 N–H and O–H groups in total. The van der Waals surface area contributed by atoms with E-state index in [2.05, 4.69) is 22.1 Å². The molecule has 0 amide bonds. The first-order chi connectivity index (χ1) is 9.63. The lowest BCUT2D eigenvalue weighted by Crippen LogP contribution is -2.49. The van der Waals surface area contributed by atoms with E-state index in [0.717, 1.165) is 25.3 Å². The Labute approximate surface area is 122 Å². The van der Waals surface area contributed by atoms with Crippen LogP contribution in [0.3, 0.4) is 0 Å². The molecule has 1 fully saturated rings. The second-order valence-corrected chi connectivity index (χ2v) is 5.62. The van der Waals surface area contributed by atoms with Crippen LogP contribution in [-0.2, 0) is 6.54 Å². The number of halogens is 1. The maximum Gasteiger partial charge on any atom is 0.258 e. The van der Waals surface area contributed by atoms with Gasteiger partial charge in [-0.2, -0.15) is 0 Å². The summed E-state index contributed by atoms with van der Waals surface area (Å²) in [6.07, 6.45) is 1.60. The fourth-order valence-electron chi connectivity index (χ4n) is 2.53. The Morgan fingerprint density at radius 3 is 3.15 bits per heavy atom. The molecule has 0 aromatic carbocycles. The number of rotatable bonds is 2. The molecular formula is C14H17ClN4O. The van der Waals surface area contributed by atoms with Gasteiger partial charge < -0.3 is 5.32 Å². The van der Waals surface area contributed by atoms with Crippen LogP contribution in [0.4, 0.5) is 0 Å². The number of nitrogens with zero attached hydrogens (tertiary/aromatic N) is 3. The number of fused-ring (bicyclic) bond motifs is 1. The lowest BCUT2D eigenvalue weighted by molar-refractivity contribution is 0.164. The molecule has 5 nitrogen and oxygen atoms in total. The second kappa shape index (κ2) is 5.52. The lowest BCUT2D eigenvalue weighted by atomic mass is 10.2. The molecule has 1 saturated heterocycles. The fraction of sp³-hybridized carbons (Fsp3) is 0.429. The minimum Gasteiger partial charge on any atom is -0.314 e. The molecule has 0 unspecified atom stereocenters. The van der Waals surface area contributed by atoms with E-state index < -0.39 is 0 Å². The van der Waals surface area contributed by atoms with E-state index in [1.165, 1.54) is 4.40 Å². The van der Waals surface area contributed by atoms with Crippen LogP contribution in [0.2, 0.25) is 5.02 Å². The average Bonchev–Trinajstić information content (AvgIpc) is 2.42. The summed E-state index contributed by atoms with van der Waals surface area (Å²) >= 11 is 5.90. The largest absolute Gasteiger partial charge is 0.314 e. The van der Waals surface area contributed by atoms with Crippen molar-refractivity contribution in [2.24, 2.45) is 0 Å². The van der Waals surface area contributed by atoms with E-state index in [9.17, 15) is 4.79 Å². The Kier molecular flexibility index (Phi) is 3.74. The van der Waals surface area contributed by atoms with E-state index in [0.29, 0.717) is 23.3 Å². The number of aromatic nitrogens is 2. The maximum atomic E-state index is 12.1. The number of nitrogens with one attached hydrogen (secondary N) is 1. The van der Waals surface area contributed by atoms with E-state index in [4.69, 9.17) is 11.6 Å². The van der Waals surface area contributed by atoms with Crippen LogP contribution in [0.25, 0.3) is 5.65 Å². The second-order valence-electron chi connectivity index (χ2n) is 5.18. The monoisotopic (exact) mass is 292 g/mol. The van der Waals surface area contributed by atoms with Crippen molar-refractivity contribution in [3.05, 3.63) is 45.5 Å². The number of piperazine rings is 1. The zero-order valence-electron chi connectivity index (χ0n) is 11.3. The number of hydrogen-bond acceptors (Lipinski definition) is 4. The summed E-state index contributed by atoms with van der Waals surface area (Å²) in [7, 11) is 0. The molecule has 1 aliphatic heterocycles. The standard InChI is InChI=1S/C14H17ClN4O/c1-10-7-16-4-5-18(10)9-12-6-14(20)19-8-11(15)2-3-13(19)17-12/h2-3,6,8,10,16H,4-5,7,9H2,1H3/t10-/m0/s1. The highest BCUT2D eigenvalue weighted by Gasteiger charge is 2.18. The van der Waals surface area contributed by atoms with Crippen LogP contribution in [-0.4, -0.2) is 40.0 Å². The number of pyridine rings is 1. The molecule has 0 spiro atoms. The third-order valence-electron chi connectivity index (χ3n) is 3.68. The van der Waals surface area contributed by atoms with E-state index in [-0.39, 0.29) is 5.56 Å². The molecule has 1 aliphatic rings. The smallest absolute Gasteiger partial charge is 0.258 e. The van der Waals surface area contributed by atoms with E-state index >= 15 is 0 Å². The van der Waals surface area contributed by atoms with Crippen molar-refractivity contribution in [1.29, 1.82) is 0 Å². The first kappa shape index (κ1) is 13.5. The molecule has 106 valence electrons. The van der Waals surface area contributed by atoms with Gasteiger partial charge in [-0.3, -0.25) is 14.1 Å². The molecule has 0 bridgehead atoms. The fourth-order valence-corrected chi connectivity index (χ4v) is 2.69. The summed E-state index contributed by atoms with van der Waals surface area (Å²) in [6, 6.07) is 5.57. The topological polar surface area (TPSA) is 49.6 Å². The van der Waals surface area contributed by atoms with Gasteiger partial charge in [-0.25, -0.2) is 4.98 Å². The zero-order chi connectivity index (χ0) is 14.1. The third kappa shape index (κ3) is 2.70. The highest BCUT2D eigenvalue weighted by molar-refractivity contribution is 6.30. The summed E-state index contributed by atoms with van der Waals surface area (Å²) in [5.41, 5.74) is 1.36. The van der Waals surface area contributed by atoms with Crippen molar-refractivity contribution in [1.82, 2.24) is 19.6 Å². The van der Waals surface area contributed by atoms with Crippen LogP contribution >= 0.6 is 11.6 Å². The van der Waals surface area contributed by atoms with Crippen molar-refractivity contribution in [3.8, 4) is 0 Å². The molecule has 6 heteroatoms. The molecule has 2 aromatic heterocycles. The highest BCUT2D eigenvalue weighted by atomic mass is 35.5. The number of hydrogen-bond donors (Lipinski definition) is 1. The van der Waals surface area contributed by atoms with Crippen LogP contribution < -0.4 is 10.9 Å². The van der Waals surface area contributed by atoms with Crippen molar-refractivity contribution >= 4 is 17.2 Å². The Bertz CT molecular complexity index is 684. The minimum absolute atomic E-state index is 0.0877. The van der Waals surface area contributed by atoms with Crippen LogP contribution in [0, 0.1) is 0 Å². The summed E-state index contributed by atoms with van der Waals surface area (Å²) in [5, 5.41) is 3.89. The van der Waals surface area contributed by atoms with Gasteiger partial charge in [-0.05, 0) is 19.1 Å². The van der Waals surface area contributed by atoms with Gasteiger partial charge in [0.05, 0.1) is 10.7 Å². The average molecular weight is 293 g/mol. The zero-order valence-corrected chi connectivity index (χ0v) is 12.1. The normalized spacial score (nSPS) is 20.4. The van der Waals surface area contributed by atoms with Gasteiger partial charge in [0.25, 0.3) is 5.56 Å². The van der Waals surface area contributed by atoms with Crippen LogP contribution in [0.15, 0.2) is 29.2 Å². The van der Waals surface area contributed by atoms with Gasteiger partial charge in [0, 0.05) is 44.5 Å². The Morgan fingerprint density at radius 1 is 1.50 bits per heavy atom. The van der Waals surface area contributed by atoms with E-state index in [1.54, 1.807) is 24.4 Å². The summed E-state index contributed by atoms with van der Waals surface area (Å²) in [6.45, 7) is 5.81. The Morgan fingerprint density at radius 2 is 2.35 bits per heavy atom. The van der Waals surface area contributed by atoms with Gasteiger partial charge >= 0.3 is 0 Å². The Balaban J connectivity index is 1.92. The first-order valence-electron chi connectivity index (χ1n) is 6.76. The summed E-state index contributed by atoms with van der Waals surface area (Å²) < 4.78 is 1.48. The molecule has 0 saturated carbocycles. The first-order valence-corrected chi connectivity index (χ1v) is 7.14. The SMILES string of the molecule is C[C@H]1CNCCN1Cc1cc(=O)n2cc(Cl)ccc2n1. The van der Waals surface area contributed by atoms with Gasteiger partial charge in [0.1, 0.15) is 5.65 Å². The van der Waals surface area contributed by atoms with Crippen molar-refractivity contribution in [3.63, 3.8) is 0 Å². The maximum absolute atomic E-state index is 12.1. The predicted octanol–water partition coefficient (Wildman–Crippen LogP) is 1.14. The molecular weight excluding hydrogens is 276 g/mol. The van der Waals surface area contributed by atoms with Gasteiger partial charge in [0.2, 0.25) is 0 Å². The van der Waals surface area contributed by atoms with Gasteiger partial charge in [-0.1, -0.05) is 11.6 Å². The molecule has 2 aromatic rings. The van der Waals surface area contributed by atoms with Gasteiger partial charge in [-0.15, -0.1) is 0 Å². The molecule has 0 aliphatic carbocycles. The van der Waals surface area contributed by atoms with Gasteiger partial charge in [0.15, 0.2) is 0 Å². The molecule has 3 heterocycles. The highest BCUT2D eigenvalue weighted by Crippen LogP contribution is 2.11. The summed E-state index contributed by atoms with van der Waals surface area (Å²) in [4.78, 5) is 19.0. The van der Waals surface area contributed by atoms with E-state index in [1.807, 2.05) is 0 Å². The van der Waals surface area contributed by atoms with Crippen molar-refractivity contribution < 1.29 is 0 Å². The quantitative estimate of drug-likeness (QED) is 0.902. The van der Waals surface area contributed by atoms with Crippen molar-refractivity contribution in [2.75, 3.05) is 19.6 Å². The molecule has 3 rings (SSSR count). The Hall–Kier alpha value is -1.43. The van der Waals surface area contributed by atoms with Crippen LogP contribution in [0.1, 0.15) is 12.6 Å². The summed E-state index contributed by atoms with van der Waals surface area (Å²) in [5.74, 6) is 0. The van der Waals surface area contributed by atoms with Crippen molar-refractivity contribution in [2.45, 2.75) is 19.5 Å².